The van der Waals surface area contributed by atoms with Crippen molar-refractivity contribution in [2.45, 2.75) is 58.7 Å². The predicted molar refractivity (Wildman–Crippen MR) is 94.6 cm³/mol. The van der Waals surface area contributed by atoms with Gasteiger partial charge in [-0.1, -0.05) is 12.1 Å². The van der Waals surface area contributed by atoms with Gasteiger partial charge in [-0.05, 0) is 58.2 Å². The third-order valence-corrected chi connectivity index (χ3v) is 3.36. The van der Waals surface area contributed by atoms with Crippen LogP contribution in [0.5, 0.6) is 0 Å². The predicted octanol–water partition coefficient (Wildman–Crippen LogP) is 2.43. The number of nitrogens with one attached hydrogen (secondary N) is 3. The van der Waals surface area contributed by atoms with Gasteiger partial charge in [-0.25, -0.2) is 4.99 Å². The van der Waals surface area contributed by atoms with Gasteiger partial charge in [0.2, 0.25) is 0 Å². The van der Waals surface area contributed by atoms with Crippen molar-refractivity contribution < 1.29 is 4.79 Å². The quantitative estimate of drug-likeness (QED) is 0.577. The molecule has 0 aromatic heterocycles. The molecule has 0 heterocycles. The second-order valence-corrected chi connectivity index (χ2v) is 7.02. The van der Waals surface area contributed by atoms with E-state index in [1.54, 1.807) is 0 Å². The summed E-state index contributed by atoms with van der Waals surface area (Å²) < 4.78 is 0. The number of carbonyl (C=O) groups excluding carboxylic acids is 1. The minimum Gasteiger partial charge on any atom is -0.357 e. The number of benzene rings is 1. The molecule has 126 valence electrons. The normalized spacial score (nSPS) is 15.2. The lowest BCUT2D eigenvalue weighted by Crippen LogP contribution is -2.40. The topological polar surface area (TPSA) is 65.5 Å². The Hall–Kier alpha value is -2.04. The fourth-order valence-electron chi connectivity index (χ4n) is 2.14. The highest BCUT2D eigenvalue weighted by molar-refractivity contribution is 5.94. The van der Waals surface area contributed by atoms with Gasteiger partial charge in [-0.2, -0.15) is 0 Å². The van der Waals surface area contributed by atoms with E-state index in [2.05, 4.69) is 27.9 Å². The molecule has 1 aromatic carbocycles. The molecule has 5 heteroatoms. The van der Waals surface area contributed by atoms with Crippen LogP contribution in [0.25, 0.3) is 0 Å². The standard InChI is InChI=1S/C18H28N4O/c1-5-19-17(21-15-9-10-15)20-12-13-7-6-8-14(11-13)16(23)22-18(2,3)4/h6-8,11,15H,5,9-10,12H2,1-4H3,(H,22,23)(H2,19,20,21). The van der Waals surface area contributed by atoms with Gasteiger partial charge in [0.1, 0.15) is 0 Å². The Morgan fingerprint density at radius 3 is 2.65 bits per heavy atom. The molecular formula is C18H28N4O. The highest BCUT2D eigenvalue weighted by Gasteiger charge is 2.22. The number of nitrogens with zero attached hydrogens (tertiary/aromatic N) is 1. The Morgan fingerprint density at radius 1 is 1.30 bits per heavy atom. The SMILES string of the molecule is CCNC(=NCc1cccc(C(=O)NC(C)(C)C)c1)NC1CC1. The molecule has 1 aliphatic carbocycles. The van der Waals surface area contributed by atoms with Gasteiger partial charge in [0.25, 0.3) is 5.91 Å². The monoisotopic (exact) mass is 316 g/mol. The molecule has 1 saturated carbocycles. The van der Waals surface area contributed by atoms with E-state index < -0.39 is 0 Å². The summed E-state index contributed by atoms with van der Waals surface area (Å²) in [5, 5.41) is 9.63. The number of guanidine groups is 1. The molecule has 1 amide bonds. The van der Waals surface area contributed by atoms with Crippen molar-refractivity contribution in [2.75, 3.05) is 6.54 Å². The van der Waals surface area contributed by atoms with Gasteiger partial charge in [0, 0.05) is 23.7 Å². The smallest absolute Gasteiger partial charge is 0.251 e. The maximum Gasteiger partial charge on any atom is 0.251 e. The minimum atomic E-state index is -0.238. The van der Waals surface area contributed by atoms with Gasteiger partial charge < -0.3 is 16.0 Å². The number of aliphatic imine (C=N–C) groups is 1. The fraction of sp³-hybridized carbons (Fsp3) is 0.556. The molecular weight excluding hydrogens is 288 g/mol. The van der Waals surface area contributed by atoms with Crippen LogP contribution in [0.15, 0.2) is 29.3 Å². The largest absolute Gasteiger partial charge is 0.357 e. The minimum absolute atomic E-state index is 0.0497. The molecule has 0 unspecified atom stereocenters. The molecule has 0 radical (unpaired) electrons. The first-order valence-corrected chi connectivity index (χ1v) is 8.33. The van der Waals surface area contributed by atoms with Crippen molar-refractivity contribution in [3.8, 4) is 0 Å². The van der Waals surface area contributed by atoms with Crippen molar-refractivity contribution in [3.05, 3.63) is 35.4 Å². The molecule has 1 aromatic rings. The number of hydrogen-bond donors (Lipinski definition) is 3. The summed E-state index contributed by atoms with van der Waals surface area (Å²) in [5.41, 5.74) is 1.46. The molecule has 0 bridgehead atoms. The zero-order valence-corrected chi connectivity index (χ0v) is 14.6. The second kappa shape index (κ2) is 7.49. The first-order valence-electron chi connectivity index (χ1n) is 8.33. The van der Waals surface area contributed by atoms with Gasteiger partial charge in [-0.3, -0.25) is 4.79 Å². The van der Waals surface area contributed by atoms with Crippen LogP contribution < -0.4 is 16.0 Å². The third kappa shape index (κ3) is 6.30. The molecule has 1 fully saturated rings. The van der Waals surface area contributed by atoms with E-state index in [4.69, 9.17) is 0 Å². The van der Waals surface area contributed by atoms with Crippen LogP contribution in [0.1, 0.15) is 56.5 Å². The number of rotatable bonds is 5. The van der Waals surface area contributed by atoms with Crippen LogP contribution >= 0.6 is 0 Å². The van der Waals surface area contributed by atoms with Crippen molar-refractivity contribution in [2.24, 2.45) is 4.99 Å². The lowest BCUT2D eigenvalue weighted by molar-refractivity contribution is 0.0919. The summed E-state index contributed by atoms with van der Waals surface area (Å²) in [4.78, 5) is 16.8. The van der Waals surface area contributed by atoms with E-state index in [0.717, 1.165) is 18.1 Å². The Labute approximate surface area is 139 Å². The average Bonchev–Trinajstić information content (AvgIpc) is 3.27. The van der Waals surface area contributed by atoms with Crippen LogP contribution in [-0.2, 0) is 6.54 Å². The van der Waals surface area contributed by atoms with Gasteiger partial charge >= 0.3 is 0 Å². The Balaban J connectivity index is 2.02. The third-order valence-electron chi connectivity index (χ3n) is 3.36. The molecule has 1 aliphatic rings. The first-order chi connectivity index (χ1) is 10.9. The maximum absolute atomic E-state index is 12.2. The molecule has 2 rings (SSSR count). The average molecular weight is 316 g/mol. The second-order valence-electron chi connectivity index (χ2n) is 7.02. The number of amides is 1. The van der Waals surface area contributed by atoms with Crippen molar-refractivity contribution in [3.63, 3.8) is 0 Å². The van der Waals surface area contributed by atoms with Crippen molar-refractivity contribution in [1.29, 1.82) is 0 Å². The van der Waals surface area contributed by atoms with E-state index in [1.807, 2.05) is 45.0 Å². The molecule has 0 atom stereocenters. The van der Waals surface area contributed by atoms with E-state index in [0.29, 0.717) is 18.2 Å². The highest BCUT2D eigenvalue weighted by Crippen LogP contribution is 2.18. The van der Waals surface area contributed by atoms with Crippen LogP contribution in [0.2, 0.25) is 0 Å². The van der Waals surface area contributed by atoms with E-state index in [9.17, 15) is 4.79 Å². The molecule has 23 heavy (non-hydrogen) atoms. The Kier molecular flexibility index (Phi) is 5.64. The Bertz CT molecular complexity index is 571. The van der Waals surface area contributed by atoms with Crippen LogP contribution in [-0.4, -0.2) is 30.0 Å². The summed E-state index contributed by atoms with van der Waals surface area (Å²) in [7, 11) is 0. The van der Waals surface area contributed by atoms with Crippen LogP contribution in [0, 0.1) is 0 Å². The van der Waals surface area contributed by atoms with Crippen LogP contribution in [0.3, 0.4) is 0 Å². The highest BCUT2D eigenvalue weighted by atomic mass is 16.1. The van der Waals surface area contributed by atoms with Gasteiger partial charge in [0.05, 0.1) is 6.54 Å². The van der Waals surface area contributed by atoms with E-state index >= 15 is 0 Å². The molecule has 3 N–H and O–H groups in total. The first kappa shape index (κ1) is 17.3. The molecule has 5 nitrogen and oxygen atoms in total. The lowest BCUT2D eigenvalue weighted by atomic mass is 10.1. The molecule has 0 aliphatic heterocycles. The van der Waals surface area contributed by atoms with Gasteiger partial charge in [0.15, 0.2) is 5.96 Å². The molecule has 0 spiro atoms. The van der Waals surface area contributed by atoms with Crippen molar-refractivity contribution >= 4 is 11.9 Å². The summed E-state index contributed by atoms with van der Waals surface area (Å²) in [6, 6.07) is 8.21. The summed E-state index contributed by atoms with van der Waals surface area (Å²) in [5.74, 6) is 0.797. The molecule has 0 saturated heterocycles. The lowest BCUT2D eigenvalue weighted by Gasteiger charge is -2.20. The number of hydrogen-bond acceptors (Lipinski definition) is 2. The number of carbonyl (C=O) groups is 1. The van der Waals surface area contributed by atoms with Crippen molar-refractivity contribution in [1.82, 2.24) is 16.0 Å². The summed E-state index contributed by atoms with van der Waals surface area (Å²) >= 11 is 0. The fourth-order valence-corrected chi connectivity index (χ4v) is 2.14. The van der Waals surface area contributed by atoms with Gasteiger partial charge in [-0.15, -0.1) is 0 Å². The zero-order valence-electron chi connectivity index (χ0n) is 14.6. The summed E-state index contributed by atoms with van der Waals surface area (Å²) in [6.45, 7) is 9.38. The van der Waals surface area contributed by atoms with E-state index in [-0.39, 0.29) is 11.4 Å². The zero-order chi connectivity index (χ0) is 16.9. The Morgan fingerprint density at radius 2 is 2.04 bits per heavy atom. The maximum atomic E-state index is 12.2. The summed E-state index contributed by atoms with van der Waals surface area (Å²) in [6.07, 6.45) is 2.43. The van der Waals surface area contributed by atoms with Crippen LogP contribution in [0.4, 0.5) is 0 Å². The van der Waals surface area contributed by atoms with E-state index in [1.165, 1.54) is 12.8 Å².